The molecular weight excluding hydrogens is 218 g/mol. The van der Waals surface area contributed by atoms with Crippen LogP contribution in [0.25, 0.3) is 0 Å². The van der Waals surface area contributed by atoms with Gasteiger partial charge in [-0.3, -0.25) is 4.79 Å². The van der Waals surface area contributed by atoms with Crippen LogP contribution in [0.15, 0.2) is 0 Å². The monoisotopic (exact) mass is 243 g/mol. The van der Waals surface area contributed by atoms with Gasteiger partial charge in [0.2, 0.25) is 0 Å². The molecule has 0 amide bonds. The van der Waals surface area contributed by atoms with Crippen molar-refractivity contribution in [2.75, 3.05) is 26.8 Å². The average Bonchev–Trinajstić information content (AvgIpc) is 2.35. The maximum atomic E-state index is 11.4. The third-order valence-electron chi connectivity index (χ3n) is 3.22. The van der Waals surface area contributed by atoms with Crippen molar-refractivity contribution in [2.45, 2.75) is 45.6 Å². The second-order valence-electron chi connectivity index (χ2n) is 5.33. The Balaban J connectivity index is 2.12. The first-order valence-corrected chi connectivity index (χ1v) is 6.47. The van der Waals surface area contributed by atoms with Crippen molar-refractivity contribution < 1.29 is 14.3 Å². The number of esters is 1. The van der Waals surface area contributed by atoms with Crippen molar-refractivity contribution in [1.29, 1.82) is 0 Å². The molecule has 100 valence electrons. The van der Waals surface area contributed by atoms with Gasteiger partial charge in [0.05, 0.1) is 18.6 Å². The highest BCUT2D eigenvalue weighted by Crippen LogP contribution is 2.17. The molecule has 1 heterocycles. The van der Waals surface area contributed by atoms with E-state index in [0.717, 1.165) is 19.6 Å². The van der Waals surface area contributed by atoms with Gasteiger partial charge in [0.15, 0.2) is 0 Å². The fraction of sp³-hybridized carbons (Fsp3) is 0.923. The van der Waals surface area contributed by atoms with Gasteiger partial charge < -0.3 is 14.8 Å². The molecule has 0 saturated carbocycles. The molecule has 1 unspecified atom stereocenters. The quantitative estimate of drug-likeness (QED) is 0.570. The van der Waals surface area contributed by atoms with Crippen molar-refractivity contribution in [3.63, 3.8) is 0 Å². The molecule has 0 aliphatic carbocycles. The number of hydrogen-bond acceptors (Lipinski definition) is 4. The summed E-state index contributed by atoms with van der Waals surface area (Å²) in [6.45, 7) is 6.22. The van der Waals surface area contributed by atoms with Crippen molar-refractivity contribution in [3.8, 4) is 0 Å². The molecule has 1 N–H and O–H groups in total. The van der Waals surface area contributed by atoms with Crippen molar-refractivity contribution >= 4 is 5.97 Å². The maximum absolute atomic E-state index is 11.4. The molecule has 1 saturated heterocycles. The number of hydrogen-bond donors (Lipinski definition) is 1. The van der Waals surface area contributed by atoms with Crippen LogP contribution in [0, 0.1) is 5.41 Å². The number of nitrogens with one attached hydrogen (secondary N) is 1. The summed E-state index contributed by atoms with van der Waals surface area (Å²) in [4.78, 5) is 11.4. The molecule has 0 aromatic heterocycles. The van der Waals surface area contributed by atoms with Gasteiger partial charge in [-0.05, 0) is 46.1 Å². The Morgan fingerprint density at radius 1 is 1.47 bits per heavy atom. The molecule has 1 atom stereocenters. The van der Waals surface area contributed by atoms with Gasteiger partial charge in [-0.15, -0.1) is 0 Å². The van der Waals surface area contributed by atoms with Crippen LogP contribution in [0.3, 0.4) is 0 Å². The Morgan fingerprint density at radius 2 is 2.24 bits per heavy atom. The van der Waals surface area contributed by atoms with E-state index in [4.69, 9.17) is 9.47 Å². The highest BCUT2D eigenvalue weighted by molar-refractivity contribution is 5.76. The standard InChI is InChI=1S/C13H25NO3/c1-13(2,12(15)16-3)10-14-8-7-11-6-4-5-9-17-11/h11,14H,4-10H2,1-3H3. The van der Waals surface area contributed by atoms with E-state index >= 15 is 0 Å². The van der Waals surface area contributed by atoms with Crippen molar-refractivity contribution in [1.82, 2.24) is 5.32 Å². The second-order valence-corrected chi connectivity index (χ2v) is 5.33. The molecule has 4 nitrogen and oxygen atoms in total. The predicted molar refractivity (Wildman–Crippen MR) is 66.9 cm³/mol. The zero-order valence-corrected chi connectivity index (χ0v) is 11.3. The molecule has 1 aliphatic heterocycles. The summed E-state index contributed by atoms with van der Waals surface area (Å²) in [6.07, 6.45) is 5.06. The van der Waals surface area contributed by atoms with Gasteiger partial charge in [-0.2, -0.15) is 0 Å². The highest BCUT2D eigenvalue weighted by atomic mass is 16.5. The minimum atomic E-state index is -0.456. The maximum Gasteiger partial charge on any atom is 0.312 e. The molecule has 0 radical (unpaired) electrons. The molecular formula is C13H25NO3. The van der Waals surface area contributed by atoms with Gasteiger partial charge in [-0.1, -0.05) is 0 Å². The van der Waals surface area contributed by atoms with Gasteiger partial charge in [-0.25, -0.2) is 0 Å². The van der Waals surface area contributed by atoms with E-state index in [9.17, 15) is 4.79 Å². The predicted octanol–water partition coefficient (Wildman–Crippen LogP) is 1.73. The summed E-state index contributed by atoms with van der Waals surface area (Å²) in [5.41, 5.74) is -0.456. The summed E-state index contributed by atoms with van der Waals surface area (Å²) in [5.74, 6) is -0.168. The number of carbonyl (C=O) groups is 1. The van der Waals surface area contributed by atoms with Crippen LogP contribution in [0.4, 0.5) is 0 Å². The average molecular weight is 243 g/mol. The Labute approximate surface area is 104 Å². The fourth-order valence-corrected chi connectivity index (χ4v) is 2.05. The van der Waals surface area contributed by atoms with Crippen LogP contribution in [0.2, 0.25) is 0 Å². The van der Waals surface area contributed by atoms with Crippen LogP contribution >= 0.6 is 0 Å². The van der Waals surface area contributed by atoms with Crippen LogP contribution in [-0.2, 0) is 14.3 Å². The largest absolute Gasteiger partial charge is 0.469 e. The van der Waals surface area contributed by atoms with E-state index in [1.807, 2.05) is 13.8 Å². The Morgan fingerprint density at radius 3 is 2.82 bits per heavy atom. The second kappa shape index (κ2) is 6.97. The number of ether oxygens (including phenoxy) is 2. The number of carbonyl (C=O) groups excluding carboxylic acids is 1. The molecule has 4 heteroatoms. The number of rotatable bonds is 6. The Bertz CT molecular complexity index is 235. The van der Waals surface area contributed by atoms with E-state index in [0.29, 0.717) is 12.6 Å². The minimum Gasteiger partial charge on any atom is -0.469 e. The van der Waals surface area contributed by atoms with Crippen LogP contribution in [0.5, 0.6) is 0 Å². The first kappa shape index (κ1) is 14.5. The van der Waals surface area contributed by atoms with Crippen LogP contribution < -0.4 is 5.32 Å². The lowest BCUT2D eigenvalue weighted by atomic mass is 9.93. The summed E-state index contributed by atoms with van der Waals surface area (Å²) in [5, 5.41) is 3.31. The molecule has 1 fully saturated rings. The first-order valence-electron chi connectivity index (χ1n) is 6.47. The molecule has 17 heavy (non-hydrogen) atoms. The molecule has 0 spiro atoms. The summed E-state index contributed by atoms with van der Waals surface area (Å²) >= 11 is 0. The van der Waals surface area contributed by atoms with Gasteiger partial charge >= 0.3 is 5.97 Å². The lowest BCUT2D eigenvalue weighted by molar-refractivity contribution is -0.150. The van der Waals surface area contributed by atoms with Gasteiger partial charge in [0, 0.05) is 13.2 Å². The molecule has 0 bridgehead atoms. The van der Waals surface area contributed by atoms with Crippen molar-refractivity contribution in [3.05, 3.63) is 0 Å². The molecule has 0 aromatic carbocycles. The Kier molecular flexibility index (Phi) is 5.92. The fourth-order valence-electron chi connectivity index (χ4n) is 2.05. The Hall–Kier alpha value is -0.610. The topological polar surface area (TPSA) is 47.6 Å². The SMILES string of the molecule is COC(=O)C(C)(C)CNCCC1CCCCO1. The highest BCUT2D eigenvalue weighted by Gasteiger charge is 2.28. The summed E-state index contributed by atoms with van der Waals surface area (Å²) < 4.78 is 10.4. The normalized spacial score (nSPS) is 21.2. The van der Waals surface area contributed by atoms with E-state index in [1.54, 1.807) is 0 Å². The third kappa shape index (κ3) is 5.04. The lowest BCUT2D eigenvalue weighted by Crippen LogP contribution is -2.38. The minimum absolute atomic E-state index is 0.168. The molecule has 0 aromatic rings. The van der Waals surface area contributed by atoms with E-state index < -0.39 is 5.41 Å². The van der Waals surface area contributed by atoms with Gasteiger partial charge in [0.25, 0.3) is 0 Å². The zero-order valence-electron chi connectivity index (χ0n) is 11.3. The van der Waals surface area contributed by atoms with E-state index in [1.165, 1.54) is 26.4 Å². The third-order valence-corrected chi connectivity index (χ3v) is 3.22. The molecule has 1 rings (SSSR count). The number of methoxy groups -OCH3 is 1. The smallest absolute Gasteiger partial charge is 0.312 e. The summed E-state index contributed by atoms with van der Waals surface area (Å²) in [6, 6.07) is 0. The lowest BCUT2D eigenvalue weighted by Gasteiger charge is -2.24. The molecule has 1 aliphatic rings. The zero-order chi connectivity index (χ0) is 12.7. The van der Waals surface area contributed by atoms with Crippen LogP contribution in [-0.4, -0.2) is 38.9 Å². The van der Waals surface area contributed by atoms with E-state index in [-0.39, 0.29) is 5.97 Å². The van der Waals surface area contributed by atoms with Crippen molar-refractivity contribution in [2.24, 2.45) is 5.41 Å². The summed E-state index contributed by atoms with van der Waals surface area (Å²) in [7, 11) is 1.43. The van der Waals surface area contributed by atoms with Crippen LogP contribution in [0.1, 0.15) is 39.5 Å². The van der Waals surface area contributed by atoms with Gasteiger partial charge in [0.1, 0.15) is 0 Å². The van der Waals surface area contributed by atoms with E-state index in [2.05, 4.69) is 5.32 Å². The first-order chi connectivity index (χ1) is 8.06.